The Morgan fingerprint density at radius 2 is 2.17 bits per heavy atom. The van der Waals surface area contributed by atoms with Crippen LogP contribution >= 0.6 is 0 Å². The number of nitrogens with two attached hydrogens (primary N) is 1. The quantitative estimate of drug-likeness (QED) is 0.806. The van der Waals surface area contributed by atoms with Crippen molar-refractivity contribution in [3.8, 4) is 0 Å². The number of benzene rings is 1. The molecule has 0 aliphatic carbocycles. The van der Waals surface area contributed by atoms with Crippen LogP contribution in [0.2, 0.25) is 0 Å². The maximum absolute atomic E-state index is 11.9. The van der Waals surface area contributed by atoms with E-state index in [9.17, 15) is 4.79 Å². The fraction of sp³-hybridized carbons (Fsp3) is 0.143. The van der Waals surface area contributed by atoms with E-state index < -0.39 is 0 Å². The van der Waals surface area contributed by atoms with Gasteiger partial charge in [-0.1, -0.05) is 12.1 Å². The molecule has 0 radical (unpaired) electrons. The van der Waals surface area contributed by atoms with Crippen molar-refractivity contribution in [3.63, 3.8) is 0 Å². The van der Waals surface area contributed by atoms with Gasteiger partial charge >= 0.3 is 0 Å². The molecule has 0 bridgehead atoms. The number of carbonyl (C=O) groups excluding carboxylic acids is 1. The van der Waals surface area contributed by atoms with Gasteiger partial charge in [0, 0.05) is 24.6 Å². The van der Waals surface area contributed by atoms with Crippen LogP contribution in [0.4, 0.5) is 5.69 Å². The van der Waals surface area contributed by atoms with Gasteiger partial charge in [0.2, 0.25) is 0 Å². The molecule has 1 aromatic heterocycles. The minimum atomic E-state index is -0.131. The first-order valence-corrected chi connectivity index (χ1v) is 5.69. The minimum Gasteiger partial charge on any atom is -0.399 e. The van der Waals surface area contributed by atoms with Gasteiger partial charge in [-0.05, 0) is 36.2 Å². The molecule has 0 spiro atoms. The van der Waals surface area contributed by atoms with E-state index >= 15 is 0 Å². The molecule has 92 valence electrons. The van der Waals surface area contributed by atoms with Gasteiger partial charge in [0.15, 0.2) is 0 Å². The number of hydrogen-bond donors (Lipinski definition) is 2. The average Bonchev–Trinajstić information content (AvgIpc) is 2.36. The van der Waals surface area contributed by atoms with E-state index in [-0.39, 0.29) is 5.91 Å². The standard InChI is InChI=1S/C14H15N3O/c1-10-5-12(9-16-7-10)14(18)17-8-11-3-2-4-13(15)6-11/h2-7,9H,8,15H2,1H3,(H,17,18). The van der Waals surface area contributed by atoms with Gasteiger partial charge in [0.25, 0.3) is 5.91 Å². The number of nitrogens with one attached hydrogen (secondary N) is 1. The molecule has 18 heavy (non-hydrogen) atoms. The van der Waals surface area contributed by atoms with Gasteiger partial charge < -0.3 is 11.1 Å². The van der Waals surface area contributed by atoms with Crippen LogP contribution in [0.1, 0.15) is 21.5 Å². The summed E-state index contributed by atoms with van der Waals surface area (Å²) in [7, 11) is 0. The van der Waals surface area contributed by atoms with Crippen molar-refractivity contribution in [3.05, 3.63) is 59.4 Å². The Morgan fingerprint density at radius 3 is 2.89 bits per heavy atom. The van der Waals surface area contributed by atoms with Gasteiger partial charge in [-0.3, -0.25) is 9.78 Å². The first kappa shape index (κ1) is 12.1. The van der Waals surface area contributed by atoms with Gasteiger partial charge in [-0.15, -0.1) is 0 Å². The highest BCUT2D eigenvalue weighted by atomic mass is 16.1. The topological polar surface area (TPSA) is 68.0 Å². The lowest BCUT2D eigenvalue weighted by Crippen LogP contribution is -2.23. The first-order valence-electron chi connectivity index (χ1n) is 5.69. The minimum absolute atomic E-state index is 0.131. The Hall–Kier alpha value is -2.36. The second kappa shape index (κ2) is 5.31. The summed E-state index contributed by atoms with van der Waals surface area (Å²) < 4.78 is 0. The molecule has 0 saturated heterocycles. The zero-order valence-corrected chi connectivity index (χ0v) is 10.2. The normalized spacial score (nSPS) is 10.1. The van der Waals surface area contributed by atoms with Crippen LogP contribution in [0, 0.1) is 6.92 Å². The number of carbonyl (C=O) groups is 1. The highest BCUT2D eigenvalue weighted by molar-refractivity contribution is 5.93. The number of nitrogen functional groups attached to an aromatic ring is 1. The molecule has 0 aliphatic heterocycles. The van der Waals surface area contributed by atoms with Gasteiger partial charge in [-0.25, -0.2) is 0 Å². The molecule has 0 unspecified atom stereocenters. The third kappa shape index (κ3) is 3.07. The molecule has 1 amide bonds. The second-order valence-electron chi connectivity index (χ2n) is 4.18. The van der Waals surface area contributed by atoms with Crippen molar-refractivity contribution in [2.45, 2.75) is 13.5 Å². The molecule has 0 aliphatic rings. The molecule has 0 atom stereocenters. The van der Waals surface area contributed by atoms with Crippen molar-refractivity contribution in [1.82, 2.24) is 10.3 Å². The molecule has 1 heterocycles. The maximum Gasteiger partial charge on any atom is 0.253 e. The Bertz CT molecular complexity index is 566. The molecular weight excluding hydrogens is 226 g/mol. The van der Waals surface area contributed by atoms with E-state index in [0.29, 0.717) is 17.8 Å². The summed E-state index contributed by atoms with van der Waals surface area (Å²) >= 11 is 0. The van der Waals surface area contributed by atoms with E-state index in [2.05, 4.69) is 10.3 Å². The third-order valence-corrected chi connectivity index (χ3v) is 2.54. The van der Waals surface area contributed by atoms with Crippen LogP contribution in [0.25, 0.3) is 0 Å². The lowest BCUT2D eigenvalue weighted by molar-refractivity contribution is 0.0950. The summed E-state index contributed by atoms with van der Waals surface area (Å²) in [6.45, 7) is 2.36. The van der Waals surface area contributed by atoms with Crippen molar-refractivity contribution in [1.29, 1.82) is 0 Å². The Labute approximate surface area is 106 Å². The number of nitrogens with zero attached hydrogens (tertiary/aromatic N) is 1. The predicted octanol–water partition coefficient (Wildman–Crippen LogP) is 1.90. The van der Waals surface area contributed by atoms with E-state index in [0.717, 1.165) is 11.1 Å². The molecule has 0 saturated carbocycles. The Morgan fingerprint density at radius 1 is 1.33 bits per heavy atom. The van der Waals surface area contributed by atoms with Crippen LogP contribution in [-0.2, 0) is 6.54 Å². The Balaban J connectivity index is 2.00. The summed E-state index contributed by atoms with van der Waals surface area (Å²) in [5, 5.41) is 2.84. The number of rotatable bonds is 3. The fourth-order valence-electron chi connectivity index (χ4n) is 1.67. The van der Waals surface area contributed by atoms with Gasteiger partial charge in [-0.2, -0.15) is 0 Å². The molecule has 2 rings (SSSR count). The molecule has 4 heteroatoms. The Kier molecular flexibility index (Phi) is 3.57. The summed E-state index contributed by atoms with van der Waals surface area (Å²) in [5.74, 6) is -0.131. The van der Waals surface area contributed by atoms with E-state index in [1.54, 1.807) is 12.4 Å². The van der Waals surface area contributed by atoms with Crippen molar-refractivity contribution < 1.29 is 4.79 Å². The molecule has 3 N–H and O–H groups in total. The molecule has 2 aromatic rings. The average molecular weight is 241 g/mol. The monoisotopic (exact) mass is 241 g/mol. The lowest BCUT2D eigenvalue weighted by atomic mass is 10.2. The van der Waals surface area contributed by atoms with Crippen LogP contribution in [0.15, 0.2) is 42.7 Å². The van der Waals surface area contributed by atoms with Gasteiger partial charge in [0.1, 0.15) is 0 Å². The number of aryl methyl sites for hydroxylation is 1. The molecular formula is C14H15N3O. The highest BCUT2D eigenvalue weighted by Crippen LogP contribution is 2.07. The number of anilines is 1. The van der Waals surface area contributed by atoms with Crippen LogP contribution in [-0.4, -0.2) is 10.9 Å². The SMILES string of the molecule is Cc1cncc(C(=O)NCc2cccc(N)c2)c1. The van der Waals surface area contributed by atoms with Crippen LogP contribution < -0.4 is 11.1 Å². The number of hydrogen-bond acceptors (Lipinski definition) is 3. The smallest absolute Gasteiger partial charge is 0.253 e. The van der Waals surface area contributed by atoms with E-state index in [1.807, 2.05) is 37.3 Å². The largest absolute Gasteiger partial charge is 0.399 e. The van der Waals surface area contributed by atoms with Crippen molar-refractivity contribution in [2.75, 3.05) is 5.73 Å². The summed E-state index contributed by atoms with van der Waals surface area (Å²) in [6, 6.07) is 9.25. The molecule has 1 aromatic carbocycles. The second-order valence-corrected chi connectivity index (χ2v) is 4.18. The molecule has 4 nitrogen and oxygen atoms in total. The first-order chi connectivity index (χ1) is 8.65. The zero-order chi connectivity index (χ0) is 13.0. The number of amides is 1. The lowest BCUT2D eigenvalue weighted by Gasteiger charge is -2.06. The fourth-order valence-corrected chi connectivity index (χ4v) is 1.67. The predicted molar refractivity (Wildman–Crippen MR) is 71.0 cm³/mol. The summed E-state index contributed by atoms with van der Waals surface area (Å²) in [4.78, 5) is 15.9. The maximum atomic E-state index is 11.9. The summed E-state index contributed by atoms with van der Waals surface area (Å²) in [5.41, 5.74) is 8.88. The highest BCUT2D eigenvalue weighted by Gasteiger charge is 2.05. The van der Waals surface area contributed by atoms with Crippen LogP contribution in [0.5, 0.6) is 0 Å². The van der Waals surface area contributed by atoms with Gasteiger partial charge in [0.05, 0.1) is 5.56 Å². The number of pyridine rings is 1. The zero-order valence-electron chi connectivity index (χ0n) is 10.2. The molecule has 0 fully saturated rings. The van der Waals surface area contributed by atoms with Crippen LogP contribution in [0.3, 0.4) is 0 Å². The summed E-state index contributed by atoms with van der Waals surface area (Å²) in [6.07, 6.45) is 3.27. The van der Waals surface area contributed by atoms with Crippen molar-refractivity contribution >= 4 is 11.6 Å². The third-order valence-electron chi connectivity index (χ3n) is 2.54. The van der Waals surface area contributed by atoms with E-state index in [4.69, 9.17) is 5.73 Å². The van der Waals surface area contributed by atoms with E-state index in [1.165, 1.54) is 0 Å². The van der Waals surface area contributed by atoms with Crippen molar-refractivity contribution in [2.24, 2.45) is 0 Å². The number of aromatic nitrogens is 1.